The maximum Gasteiger partial charge on any atom is 0.325 e. The number of hydrogen-bond donors (Lipinski definition) is 2. The summed E-state index contributed by atoms with van der Waals surface area (Å²) in [7, 11) is 0. The Morgan fingerprint density at radius 1 is 1.38 bits per heavy atom. The van der Waals surface area contributed by atoms with E-state index in [4.69, 9.17) is 9.52 Å². The van der Waals surface area contributed by atoms with Crippen molar-refractivity contribution in [1.29, 1.82) is 0 Å². The molecule has 0 radical (unpaired) electrons. The molecule has 0 aromatic carbocycles. The maximum atomic E-state index is 11.8. The van der Waals surface area contributed by atoms with E-state index in [1.807, 2.05) is 0 Å². The van der Waals surface area contributed by atoms with Crippen molar-refractivity contribution in [2.45, 2.75) is 26.8 Å². The van der Waals surface area contributed by atoms with Gasteiger partial charge in [0.05, 0.1) is 10.0 Å². The highest BCUT2D eigenvalue weighted by atomic mass is 79.9. The zero-order valence-electron chi connectivity index (χ0n) is 9.13. The number of carbonyl (C=O) groups is 2. The van der Waals surface area contributed by atoms with E-state index in [1.165, 1.54) is 6.92 Å². The summed E-state index contributed by atoms with van der Waals surface area (Å²) >= 11 is 3.23. The molecule has 2 N–H and O–H groups in total. The highest BCUT2D eigenvalue weighted by molar-refractivity contribution is 9.10. The molecule has 0 unspecified atom stereocenters. The summed E-state index contributed by atoms with van der Waals surface area (Å²) in [5.74, 6) is -0.497. The molecule has 5 nitrogen and oxygen atoms in total. The Bertz CT molecular complexity index is 438. The van der Waals surface area contributed by atoms with E-state index in [9.17, 15) is 9.59 Å². The van der Waals surface area contributed by atoms with Crippen LogP contribution in [0, 0.1) is 13.8 Å². The van der Waals surface area contributed by atoms with Crippen LogP contribution in [0.3, 0.4) is 0 Å². The highest BCUT2D eigenvalue weighted by Crippen LogP contribution is 2.27. The van der Waals surface area contributed by atoms with Crippen molar-refractivity contribution < 1.29 is 19.1 Å². The van der Waals surface area contributed by atoms with Gasteiger partial charge in [-0.3, -0.25) is 9.59 Å². The molecule has 0 aliphatic carbocycles. The van der Waals surface area contributed by atoms with Crippen molar-refractivity contribution in [2.75, 3.05) is 0 Å². The highest BCUT2D eigenvalue weighted by Gasteiger charge is 2.22. The van der Waals surface area contributed by atoms with Crippen LogP contribution in [0.1, 0.15) is 28.8 Å². The number of carbonyl (C=O) groups excluding carboxylic acids is 1. The van der Waals surface area contributed by atoms with E-state index in [1.54, 1.807) is 13.8 Å². The Morgan fingerprint density at radius 2 is 1.94 bits per heavy atom. The first-order chi connectivity index (χ1) is 7.34. The molecular weight excluding hydrogens is 278 g/mol. The summed E-state index contributed by atoms with van der Waals surface area (Å²) in [4.78, 5) is 22.3. The summed E-state index contributed by atoms with van der Waals surface area (Å²) in [5, 5.41) is 11.0. The molecular formula is C10H12BrNO4. The molecule has 0 spiro atoms. The number of hydrogen-bond acceptors (Lipinski definition) is 3. The second-order valence-electron chi connectivity index (χ2n) is 3.44. The first-order valence-corrected chi connectivity index (χ1v) is 5.43. The van der Waals surface area contributed by atoms with Crippen LogP contribution < -0.4 is 5.32 Å². The second kappa shape index (κ2) is 4.69. The van der Waals surface area contributed by atoms with Gasteiger partial charge in [-0.05, 0) is 36.7 Å². The van der Waals surface area contributed by atoms with Crippen molar-refractivity contribution in [1.82, 2.24) is 5.32 Å². The van der Waals surface area contributed by atoms with Crippen LogP contribution in [0.2, 0.25) is 0 Å². The second-order valence-corrected chi connectivity index (χ2v) is 4.23. The van der Waals surface area contributed by atoms with Gasteiger partial charge in [0, 0.05) is 0 Å². The van der Waals surface area contributed by atoms with Crippen LogP contribution in [0.25, 0.3) is 0 Å². The molecule has 1 atom stereocenters. The largest absolute Gasteiger partial charge is 0.480 e. The SMILES string of the molecule is Cc1oc(C)c(C(=O)N[C@@H](C)C(=O)O)c1Br. The van der Waals surface area contributed by atoms with Gasteiger partial charge in [-0.1, -0.05) is 0 Å². The minimum absolute atomic E-state index is 0.339. The fraction of sp³-hybridized carbons (Fsp3) is 0.400. The third-order valence-corrected chi connectivity index (χ3v) is 3.09. The monoisotopic (exact) mass is 289 g/mol. The van der Waals surface area contributed by atoms with Crippen molar-refractivity contribution in [2.24, 2.45) is 0 Å². The van der Waals surface area contributed by atoms with Crippen molar-refractivity contribution in [3.05, 3.63) is 21.6 Å². The molecule has 1 aromatic heterocycles. The average Bonchev–Trinajstić information content (AvgIpc) is 2.40. The summed E-state index contributed by atoms with van der Waals surface area (Å²) < 4.78 is 5.81. The van der Waals surface area contributed by atoms with Gasteiger partial charge < -0.3 is 14.8 Å². The van der Waals surface area contributed by atoms with Crippen LogP contribution in [0.5, 0.6) is 0 Å². The van der Waals surface area contributed by atoms with Gasteiger partial charge in [0.2, 0.25) is 0 Å². The fourth-order valence-electron chi connectivity index (χ4n) is 1.25. The quantitative estimate of drug-likeness (QED) is 0.890. The summed E-state index contributed by atoms with van der Waals surface area (Å²) in [5.41, 5.74) is 0.339. The first kappa shape index (κ1) is 12.8. The molecule has 1 amide bonds. The van der Waals surface area contributed by atoms with Gasteiger partial charge in [0.1, 0.15) is 17.6 Å². The standard InChI is InChI=1S/C10H12BrNO4/c1-4(10(14)15)12-9(13)7-5(2)16-6(3)8(7)11/h4H,1-3H3,(H,12,13)(H,14,15)/t4-/m0/s1. The van der Waals surface area contributed by atoms with Gasteiger partial charge in [-0.25, -0.2) is 0 Å². The Kier molecular flexibility index (Phi) is 3.74. The minimum Gasteiger partial charge on any atom is -0.480 e. The lowest BCUT2D eigenvalue weighted by Gasteiger charge is -2.08. The minimum atomic E-state index is -1.08. The molecule has 0 aliphatic heterocycles. The Morgan fingerprint density at radius 3 is 2.31 bits per heavy atom. The number of aliphatic carboxylic acids is 1. The molecule has 1 heterocycles. The predicted molar refractivity (Wildman–Crippen MR) is 60.4 cm³/mol. The average molecular weight is 290 g/mol. The van der Waals surface area contributed by atoms with Crippen LogP contribution in [-0.2, 0) is 4.79 Å². The normalized spacial score (nSPS) is 12.2. The molecule has 88 valence electrons. The number of furan rings is 1. The number of rotatable bonds is 3. The first-order valence-electron chi connectivity index (χ1n) is 4.63. The van der Waals surface area contributed by atoms with E-state index in [0.717, 1.165) is 0 Å². The molecule has 0 saturated carbocycles. The lowest BCUT2D eigenvalue weighted by Crippen LogP contribution is -2.38. The predicted octanol–water partition coefficient (Wildman–Crippen LogP) is 1.86. The topological polar surface area (TPSA) is 79.5 Å². The maximum absolute atomic E-state index is 11.8. The van der Waals surface area contributed by atoms with Gasteiger partial charge >= 0.3 is 5.97 Å². The van der Waals surface area contributed by atoms with E-state index in [2.05, 4.69) is 21.2 Å². The number of carboxylic acids is 1. The van der Waals surface area contributed by atoms with Crippen molar-refractivity contribution in [3.8, 4) is 0 Å². The van der Waals surface area contributed by atoms with Crippen molar-refractivity contribution in [3.63, 3.8) is 0 Å². The lowest BCUT2D eigenvalue weighted by molar-refractivity contribution is -0.138. The number of amides is 1. The number of aryl methyl sites for hydroxylation is 2. The third kappa shape index (κ3) is 2.44. The van der Waals surface area contributed by atoms with Crippen LogP contribution in [0.15, 0.2) is 8.89 Å². The van der Waals surface area contributed by atoms with E-state index in [0.29, 0.717) is 21.6 Å². The molecule has 6 heteroatoms. The van der Waals surface area contributed by atoms with Crippen LogP contribution >= 0.6 is 15.9 Å². The fourth-order valence-corrected chi connectivity index (χ4v) is 1.79. The Hall–Kier alpha value is -1.30. The zero-order valence-corrected chi connectivity index (χ0v) is 10.7. The molecule has 1 aromatic rings. The summed E-state index contributed by atoms with van der Waals surface area (Å²) in [6.07, 6.45) is 0. The van der Waals surface area contributed by atoms with Crippen molar-refractivity contribution >= 4 is 27.8 Å². The molecule has 16 heavy (non-hydrogen) atoms. The van der Waals surface area contributed by atoms with E-state index in [-0.39, 0.29) is 0 Å². The Labute approximate surface area is 101 Å². The zero-order chi connectivity index (χ0) is 12.5. The number of halogens is 1. The molecule has 0 saturated heterocycles. The molecule has 1 rings (SSSR count). The van der Waals surface area contributed by atoms with Gasteiger partial charge in [0.15, 0.2) is 0 Å². The summed E-state index contributed by atoms with van der Waals surface area (Å²) in [6, 6.07) is -0.936. The van der Waals surface area contributed by atoms with Crippen LogP contribution in [-0.4, -0.2) is 23.0 Å². The van der Waals surface area contributed by atoms with Gasteiger partial charge in [0.25, 0.3) is 5.91 Å². The molecule has 0 aliphatic rings. The van der Waals surface area contributed by atoms with Gasteiger partial charge in [-0.15, -0.1) is 0 Å². The molecule has 0 fully saturated rings. The lowest BCUT2D eigenvalue weighted by atomic mass is 10.2. The Balaban J connectivity index is 2.93. The van der Waals surface area contributed by atoms with E-state index < -0.39 is 17.9 Å². The third-order valence-electron chi connectivity index (χ3n) is 2.13. The summed E-state index contributed by atoms with van der Waals surface area (Å²) in [6.45, 7) is 4.77. The number of nitrogens with one attached hydrogen (secondary N) is 1. The molecule has 0 bridgehead atoms. The van der Waals surface area contributed by atoms with Crippen LogP contribution in [0.4, 0.5) is 0 Å². The van der Waals surface area contributed by atoms with E-state index >= 15 is 0 Å². The van der Waals surface area contributed by atoms with Gasteiger partial charge in [-0.2, -0.15) is 0 Å². The smallest absolute Gasteiger partial charge is 0.325 e. The number of carboxylic acid groups (broad SMARTS) is 1.